The number of hydrogen-bond acceptors (Lipinski definition) is 5. The molecule has 5 nitrogen and oxygen atoms in total. The summed E-state index contributed by atoms with van der Waals surface area (Å²) in [6, 6.07) is 7.29. The second-order valence-electron chi connectivity index (χ2n) is 7.25. The average molecular weight is 419 g/mol. The zero-order chi connectivity index (χ0) is 19.9. The lowest BCUT2D eigenvalue weighted by atomic mass is 9.80. The van der Waals surface area contributed by atoms with E-state index in [4.69, 9.17) is 27.6 Å². The molecule has 0 unspecified atom stereocenters. The molecule has 0 aliphatic heterocycles. The van der Waals surface area contributed by atoms with Gasteiger partial charge in [0.15, 0.2) is 0 Å². The second kappa shape index (κ2) is 9.95. The van der Waals surface area contributed by atoms with Crippen LogP contribution in [0.4, 0.5) is 5.88 Å². The summed E-state index contributed by atoms with van der Waals surface area (Å²) >= 11 is 11.9. The Morgan fingerprint density at radius 2 is 2.07 bits per heavy atom. The highest BCUT2D eigenvalue weighted by Gasteiger charge is 2.27. The smallest absolute Gasteiger partial charge is 0.252 e. The van der Waals surface area contributed by atoms with Crippen molar-refractivity contribution in [2.24, 2.45) is 11.0 Å². The van der Waals surface area contributed by atoms with Crippen LogP contribution in [0.15, 0.2) is 27.7 Å². The summed E-state index contributed by atoms with van der Waals surface area (Å²) in [6.45, 7) is 2.24. The first kappa shape index (κ1) is 20.7. The molecule has 1 heterocycles. The Morgan fingerprint density at radius 3 is 2.75 bits per heavy atom. The van der Waals surface area contributed by atoms with Crippen LogP contribution >= 0.6 is 23.2 Å². The second-order valence-corrected chi connectivity index (χ2v) is 8.06. The van der Waals surface area contributed by atoms with Gasteiger partial charge < -0.3 is 4.42 Å². The molecular weight excluding hydrogens is 395 g/mol. The van der Waals surface area contributed by atoms with Gasteiger partial charge in [-0.3, -0.25) is 0 Å². The molecule has 1 saturated carbocycles. The van der Waals surface area contributed by atoms with Gasteiger partial charge in [-0.15, -0.1) is 0 Å². The van der Waals surface area contributed by atoms with Crippen LogP contribution in [0.1, 0.15) is 74.9 Å². The highest BCUT2D eigenvalue weighted by atomic mass is 35.5. The lowest BCUT2D eigenvalue weighted by molar-refractivity contribution is 0.278. The van der Waals surface area contributed by atoms with Crippen molar-refractivity contribution in [1.82, 2.24) is 4.98 Å². The van der Waals surface area contributed by atoms with Gasteiger partial charge in [-0.05, 0) is 49.3 Å². The molecule has 148 valence electrons. The van der Waals surface area contributed by atoms with E-state index in [-0.39, 0.29) is 17.5 Å². The first-order chi connectivity index (χ1) is 13.6. The minimum Gasteiger partial charge on any atom is -0.422 e. The Balaban J connectivity index is 1.62. The lowest BCUT2D eigenvalue weighted by Crippen LogP contribution is -2.13. The number of aromatic nitrogens is 1. The number of benzene rings is 1. The molecule has 0 atom stereocenters. The van der Waals surface area contributed by atoms with Crippen LogP contribution in [0.25, 0.3) is 0 Å². The Morgan fingerprint density at radius 1 is 1.29 bits per heavy atom. The van der Waals surface area contributed by atoms with Crippen LogP contribution in [0, 0.1) is 17.2 Å². The van der Waals surface area contributed by atoms with E-state index in [0.717, 1.165) is 24.3 Å². The monoisotopic (exact) mass is 418 g/mol. The molecule has 3 rings (SSSR count). The molecule has 1 aliphatic rings. The van der Waals surface area contributed by atoms with E-state index in [9.17, 15) is 5.26 Å². The molecule has 1 fully saturated rings. The lowest BCUT2D eigenvalue weighted by Gasteiger charge is -2.26. The third kappa shape index (κ3) is 5.27. The minimum atomic E-state index is 0.231. The van der Waals surface area contributed by atoms with Crippen molar-refractivity contribution in [2.75, 3.05) is 5.43 Å². The molecule has 0 radical (unpaired) electrons. The summed E-state index contributed by atoms with van der Waals surface area (Å²) in [5.41, 5.74) is 3.80. The molecule has 0 bridgehead atoms. The number of anilines is 1. The van der Waals surface area contributed by atoms with Gasteiger partial charge in [0.25, 0.3) is 5.88 Å². The summed E-state index contributed by atoms with van der Waals surface area (Å²) in [7, 11) is 0. The van der Waals surface area contributed by atoms with Gasteiger partial charge >= 0.3 is 0 Å². The summed E-state index contributed by atoms with van der Waals surface area (Å²) in [6.07, 6.45) is 9.98. The van der Waals surface area contributed by atoms with Crippen LogP contribution < -0.4 is 5.43 Å². The summed E-state index contributed by atoms with van der Waals surface area (Å²) < 4.78 is 5.84. The van der Waals surface area contributed by atoms with Crippen molar-refractivity contribution >= 4 is 35.3 Å². The topological polar surface area (TPSA) is 74.2 Å². The first-order valence-corrected chi connectivity index (χ1v) is 10.5. The Hall–Kier alpha value is -2.03. The van der Waals surface area contributed by atoms with E-state index < -0.39 is 0 Å². The predicted octanol–water partition coefficient (Wildman–Crippen LogP) is 6.76. The Kier molecular flexibility index (Phi) is 7.36. The number of hydrazone groups is 1. The van der Waals surface area contributed by atoms with E-state index in [1.54, 1.807) is 24.4 Å². The normalized spacial score (nSPS) is 19.6. The summed E-state index contributed by atoms with van der Waals surface area (Å²) in [5.74, 6) is 2.01. The van der Waals surface area contributed by atoms with Gasteiger partial charge in [0, 0.05) is 5.92 Å². The molecule has 1 aliphatic carbocycles. The molecule has 2 aromatic rings. The highest BCUT2D eigenvalue weighted by Crippen LogP contribution is 2.38. The van der Waals surface area contributed by atoms with Crippen LogP contribution in [0.5, 0.6) is 0 Å². The number of hydrogen-bond donors (Lipinski definition) is 1. The standard InChI is InChI=1S/C21H24Cl2N4O/c1-2-3-4-14-5-8-16(9-6-14)20-26-19(12-24)21(28-20)27-25-13-15-7-10-17(22)18(23)11-15/h7,10-11,13-14,16,27H,2-6,8-9H2,1H3. The predicted molar refractivity (Wildman–Crippen MR) is 113 cm³/mol. The van der Waals surface area contributed by atoms with Crippen LogP contribution in [-0.4, -0.2) is 11.2 Å². The molecule has 0 saturated heterocycles. The molecular formula is C21H24Cl2N4O. The van der Waals surface area contributed by atoms with Gasteiger partial charge in [-0.25, -0.2) is 10.4 Å². The zero-order valence-corrected chi connectivity index (χ0v) is 17.4. The number of nitriles is 1. The van der Waals surface area contributed by atoms with E-state index in [1.807, 2.05) is 0 Å². The van der Waals surface area contributed by atoms with E-state index in [1.165, 1.54) is 32.1 Å². The van der Waals surface area contributed by atoms with E-state index >= 15 is 0 Å². The van der Waals surface area contributed by atoms with Gasteiger partial charge in [0.2, 0.25) is 11.6 Å². The van der Waals surface area contributed by atoms with Crippen LogP contribution in [-0.2, 0) is 0 Å². The molecule has 7 heteroatoms. The maximum atomic E-state index is 9.36. The number of unbranched alkanes of at least 4 members (excludes halogenated alkanes) is 1. The van der Waals surface area contributed by atoms with Crippen LogP contribution in [0.3, 0.4) is 0 Å². The fourth-order valence-electron chi connectivity index (χ4n) is 3.61. The molecule has 0 amide bonds. The molecule has 28 heavy (non-hydrogen) atoms. The third-order valence-electron chi connectivity index (χ3n) is 5.23. The fourth-order valence-corrected chi connectivity index (χ4v) is 3.92. The molecule has 1 aromatic carbocycles. The number of nitrogens with zero attached hydrogens (tertiary/aromatic N) is 3. The van der Waals surface area contributed by atoms with Crippen molar-refractivity contribution in [1.29, 1.82) is 5.26 Å². The third-order valence-corrected chi connectivity index (χ3v) is 5.97. The molecule has 0 spiro atoms. The molecule has 1 N–H and O–H groups in total. The number of nitrogens with one attached hydrogen (secondary N) is 1. The SMILES string of the molecule is CCCCC1CCC(c2nc(C#N)c(NN=Cc3ccc(Cl)c(Cl)c3)o2)CC1. The van der Waals surface area contributed by atoms with Crippen molar-refractivity contribution in [3.8, 4) is 6.07 Å². The quantitative estimate of drug-likeness (QED) is 0.397. The van der Waals surface area contributed by atoms with Crippen molar-refractivity contribution in [3.63, 3.8) is 0 Å². The Labute approximate surface area is 175 Å². The average Bonchev–Trinajstić information content (AvgIpc) is 3.12. The van der Waals surface area contributed by atoms with Gasteiger partial charge in [-0.1, -0.05) is 55.5 Å². The molecule has 1 aromatic heterocycles. The summed E-state index contributed by atoms with van der Waals surface area (Å²) in [5, 5.41) is 14.4. The van der Waals surface area contributed by atoms with Gasteiger partial charge in [0.05, 0.1) is 16.3 Å². The van der Waals surface area contributed by atoms with Crippen molar-refractivity contribution in [3.05, 3.63) is 45.4 Å². The van der Waals surface area contributed by atoms with Gasteiger partial charge in [-0.2, -0.15) is 10.4 Å². The zero-order valence-electron chi connectivity index (χ0n) is 15.9. The first-order valence-electron chi connectivity index (χ1n) is 9.75. The fraction of sp³-hybridized carbons (Fsp3) is 0.476. The largest absolute Gasteiger partial charge is 0.422 e. The van der Waals surface area contributed by atoms with Gasteiger partial charge in [0.1, 0.15) is 6.07 Å². The van der Waals surface area contributed by atoms with Crippen molar-refractivity contribution in [2.45, 2.75) is 57.8 Å². The highest BCUT2D eigenvalue weighted by molar-refractivity contribution is 6.42. The number of halogens is 2. The minimum absolute atomic E-state index is 0.231. The van der Waals surface area contributed by atoms with E-state index in [2.05, 4.69) is 28.5 Å². The number of rotatable bonds is 7. The van der Waals surface area contributed by atoms with E-state index in [0.29, 0.717) is 15.9 Å². The van der Waals surface area contributed by atoms with Crippen LogP contribution in [0.2, 0.25) is 10.0 Å². The maximum absolute atomic E-state index is 9.36. The van der Waals surface area contributed by atoms with Crippen molar-refractivity contribution < 1.29 is 4.42 Å². The number of oxazole rings is 1. The maximum Gasteiger partial charge on any atom is 0.252 e. The summed E-state index contributed by atoms with van der Waals surface area (Å²) in [4.78, 5) is 4.39. The Bertz CT molecular complexity index is 864.